The van der Waals surface area contributed by atoms with E-state index < -0.39 is 0 Å². The highest BCUT2D eigenvalue weighted by Crippen LogP contribution is 1.89. The summed E-state index contributed by atoms with van der Waals surface area (Å²) < 4.78 is 0. The Morgan fingerprint density at radius 1 is 1.22 bits per heavy atom. The number of nitrogen functional groups attached to an aromatic ring is 1. The lowest BCUT2D eigenvalue weighted by molar-refractivity contribution is 1.34. The van der Waals surface area contributed by atoms with Gasteiger partial charge in [-0.2, -0.15) is 0 Å². The van der Waals surface area contributed by atoms with Gasteiger partial charge >= 0.3 is 0 Å². The highest BCUT2D eigenvalue weighted by atomic mass is 14.8. The Balaban J connectivity index is 0. The zero-order chi connectivity index (χ0) is 5.11. The summed E-state index contributed by atoms with van der Waals surface area (Å²) in [6.07, 6.45) is 1.66. The van der Waals surface area contributed by atoms with Gasteiger partial charge in [-0.3, -0.25) is 0 Å². The molecular formula is C5H12N4. The van der Waals surface area contributed by atoms with Gasteiger partial charge in [0.2, 0.25) is 0 Å². The summed E-state index contributed by atoms with van der Waals surface area (Å²) in [5.74, 6) is 0.572. The minimum absolute atomic E-state index is 0. The molecule has 1 heterocycles. The van der Waals surface area contributed by atoms with Gasteiger partial charge in [-0.1, -0.05) is 6.07 Å². The van der Waals surface area contributed by atoms with Crippen molar-refractivity contribution in [2.24, 2.45) is 0 Å². The van der Waals surface area contributed by atoms with E-state index in [2.05, 4.69) is 4.98 Å². The fourth-order valence-electron chi connectivity index (χ4n) is 0.376. The second kappa shape index (κ2) is 5.02. The first-order valence-electron chi connectivity index (χ1n) is 2.06. The summed E-state index contributed by atoms with van der Waals surface area (Å²) in [7, 11) is 0. The van der Waals surface area contributed by atoms with Crippen LogP contribution >= 0.6 is 0 Å². The molecule has 0 bridgehead atoms. The third-order valence-electron chi connectivity index (χ3n) is 0.688. The number of nitrogens with zero attached hydrogens (tertiary/aromatic N) is 1. The normalized spacial score (nSPS) is 6.67. The van der Waals surface area contributed by atoms with Crippen LogP contribution in [0.25, 0.3) is 0 Å². The highest BCUT2D eigenvalue weighted by Gasteiger charge is 1.73. The van der Waals surface area contributed by atoms with Gasteiger partial charge in [0, 0.05) is 6.20 Å². The van der Waals surface area contributed by atoms with Crippen molar-refractivity contribution in [3.8, 4) is 0 Å². The number of hydrogen-bond acceptors (Lipinski definition) is 4. The van der Waals surface area contributed by atoms with Gasteiger partial charge in [0.25, 0.3) is 0 Å². The molecule has 0 spiro atoms. The molecule has 0 saturated carbocycles. The standard InChI is InChI=1S/C5H6N2.2H3N/c6-5-3-1-2-4-7-5;;/h1-4H,(H2,6,7);2*1H3. The van der Waals surface area contributed by atoms with Crippen molar-refractivity contribution < 1.29 is 0 Å². The molecule has 1 aromatic rings. The molecule has 0 amide bonds. The van der Waals surface area contributed by atoms with Gasteiger partial charge in [0.05, 0.1) is 0 Å². The molecule has 0 fully saturated rings. The van der Waals surface area contributed by atoms with Crippen LogP contribution in [0.2, 0.25) is 0 Å². The van der Waals surface area contributed by atoms with E-state index in [4.69, 9.17) is 5.73 Å². The van der Waals surface area contributed by atoms with Crippen LogP contribution in [0.4, 0.5) is 5.82 Å². The average molecular weight is 128 g/mol. The lowest BCUT2D eigenvalue weighted by Gasteiger charge is -1.82. The van der Waals surface area contributed by atoms with Crippen LogP contribution in [-0.4, -0.2) is 4.98 Å². The summed E-state index contributed by atoms with van der Waals surface area (Å²) in [5.41, 5.74) is 5.25. The summed E-state index contributed by atoms with van der Waals surface area (Å²) in [5, 5.41) is 0. The maximum Gasteiger partial charge on any atom is 0.123 e. The Morgan fingerprint density at radius 2 is 1.89 bits per heavy atom. The van der Waals surface area contributed by atoms with Crippen LogP contribution in [0.3, 0.4) is 0 Å². The maximum absolute atomic E-state index is 5.25. The van der Waals surface area contributed by atoms with Crippen LogP contribution in [0.15, 0.2) is 24.4 Å². The van der Waals surface area contributed by atoms with Crippen molar-refractivity contribution in [2.45, 2.75) is 0 Å². The average Bonchev–Trinajstić information content (AvgIpc) is 1.69. The summed E-state index contributed by atoms with van der Waals surface area (Å²) in [6, 6.07) is 5.43. The summed E-state index contributed by atoms with van der Waals surface area (Å²) >= 11 is 0. The predicted molar refractivity (Wildman–Crippen MR) is 38.7 cm³/mol. The minimum Gasteiger partial charge on any atom is -0.384 e. The number of rotatable bonds is 0. The van der Waals surface area contributed by atoms with E-state index >= 15 is 0 Å². The number of anilines is 1. The van der Waals surface area contributed by atoms with Gasteiger partial charge in [-0.15, -0.1) is 0 Å². The van der Waals surface area contributed by atoms with Crippen LogP contribution in [0.5, 0.6) is 0 Å². The Bertz CT molecular complexity index is 139. The molecule has 0 aromatic carbocycles. The Kier molecular flexibility index (Phi) is 6.01. The first kappa shape index (κ1) is 10.8. The molecule has 0 aliphatic carbocycles. The fourth-order valence-corrected chi connectivity index (χ4v) is 0.376. The second-order valence-corrected chi connectivity index (χ2v) is 1.25. The van der Waals surface area contributed by atoms with Gasteiger partial charge in [0.15, 0.2) is 0 Å². The van der Waals surface area contributed by atoms with Crippen molar-refractivity contribution >= 4 is 5.82 Å². The van der Waals surface area contributed by atoms with Crippen LogP contribution in [0.1, 0.15) is 0 Å². The van der Waals surface area contributed by atoms with E-state index in [-0.39, 0.29) is 12.3 Å². The van der Waals surface area contributed by atoms with Crippen LogP contribution in [0, 0.1) is 0 Å². The van der Waals surface area contributed by atoms with Crippen molar-refractivity contribution in [3.05, 3.63) is 24.4 Å². The lowest BCUT2D eigenvalue weighted by atomic mass is 10.5. The van der Waals surface area contributed by atoms with Crippen molar-refractivity contribution in [2.75, 3.05) is 5.73 Å². The van der Waals surface area contributed by atoms with E-state index in [1.165, 1.54) is 0 Å². The molecule has 4 heteroatoms. The number of hydrogen-bond donors (Lipinski definition) is 3. The zero-order valence-corrected chi connectivity index (χ0v) is 5.25. The molecule has 4 nitrogen and oxygen atoms in total. The third kappa shape index (κ3) is 3.45. The molecule has 0 aliphatic heterocycles. The minimum atomic E-state index is 0. The van der Waals surface area contributed by atoms with Crippen molar-refractivity contribution in [1.82, 2.24) is 17.3 Å². The molecule has 0 saturated heterocycles. The summed E-state index contributed by atoms with van der Waals surface area (Å²) in [4.78, 5) is 3.76. The molecule has 52 valence electrons. The molecule has 8 N–H and O–H groups in total. The summed E-state index contributed by atoms with van der Waals surface area (Å²) in [6.45, 7) is 0. The van der Waals surface area contributed by atoms with E-state index in [1.54, 1.807) is 12.3 Å². The van der Waals surface area contributed by atoms with Crippen molar-refractivity contribution in [1.29, 1.82) is 0 Å². The highest BCUT2D eigenvalue weighted by molar-refractivity contribution is 5.25. The number of pyridine rings is 1. The molecule has 1 aromatic heterocycles. The van der Waals surface area contributed by atoms with E-state index in [0.29, 0.717) is 5.82 Å². The third-order valence-corrected chi connectivity index (χ3v) is 0.688. The van der Waals surface area contributed by atoms with E-state index in [0.717, 1.165) is 0 Å². The second-order valence-electron chi connectivity index (χ2n) is 1.25. The first-order chi connectivity index (χ1) is 3.39. The zero-order valence-electron chi connectivity index (χ0n) is 5.25. The van der Waals surface area contributed by atoms with Gasteiger partial charge < -0.3 is 18.0 Å². The molecule has 0 atom stereocenters. The van der Waals surface area contributed by atoms with E-state index in [9.17, 15) is 0 Å². The molecule has 0 radical (unpaired) electrons. The molecular weight excluding hydrogens is 116 g/mol. The topological polar surface area (TPSA) is 109 Å². The van der Waals surface area contributed by atoms with Crippen LogP contribution < -0.4 is 18.0 Å². The maximum atomic E-state index is 5.25. The van der Waals surface area contributed by atoms with Crippen molar-refractivity contribution in [3.63, 3.8) is 0 Å². The number of aromatic nitrogens is 1. The first-order valence-corrected chi connectivity index (χ1v) is 2.06. The monoisotopic (exact) mass is 128 g/mol. The predicted octanol–water partition coefficient (Wildman–Crippen LogP) is 0.988. The molecule has 0 unspecified atom stereocenters. The Labute approximate surface area is 54.3 Å². The smallest absolute Gasteiger partial charge is 0.123 e. The Hall–Kier alpha value is -1.13. The SMILES string of the molecule is N.N.Nc1ccccn1. The van der Waals surface area contributed by atoms with Gasteiger partial charge in [-0.05, 0) is 12.1 Å². The Morgan fingerprint density at radius 3 is 2.11 bits per heavy atom. The van der Waals surface area contributed by atoms with Gasteiger partial charge in [0.1, 0.15) is 5.82 Å². The largest absolute Gasteiger partial charge is 0.384 e. The van der Waals surface area contributed by atoms with E-state index in [1.807, 2.05) is 12.1 Å². The van der Waals surface area contributed by atoms with Crippen LogP contribution in [-0.2, 0) is 0 Å². The fraction of sp³-hybridized carbons (Fsp3) is 0. The quantitative estimate of drug-likeness (QED) is 0.484. The molecule has 1 rings (SSSR count). The lowest BCUT2D eigenvalue weighted by Crippen LogP contribution is -1.85. The number of nitrogens with two attached hydrogens (primary N) is 1. The molecule has 0 aliphatic rings. The molecule has 9 heavy (non-hydrogen) atoms. The van der Waals surface area contributed by atoms with Gasteiger partial charge in [-0.25, -0.2) is 4.98 Å².